The van der Waals surface area contributed by atoms with E-state index >= 15 is 0 Å². The monoisotopic (exact) mass is 248 g/mol. The number of halogens is 4. The molecule has 0 fully saturated rings. The molecule has 1 aromatic carbocycles. The van der Waals surface area contributed by atoms with Crippen LogP contribution in [0.2, 0.25) is 5.02 Å². The summed E-state index contributed by atoms with van der Waals surface area (Å²) in [5, 5.41) is -0.141. The zero-order valence-corrected chi connectivity index (χ0v) is 8.38. The Morgan fingerprint density at radius 3 is 2.56 bits per heavy atom. The highest BCUT2D eigenvalue weighted by Crippen LogP contribution is 2.31. The fourth-order valence-corrected chi connectivity index (χ4v) is 1.22. The van der Waals surface area contributed by atoms with Crippen LogP contribution >= 0.6 is 11.6 Å². The van der Waals surface area contributed by atoms with Gasteiger partial charge in [-0.3, -0.25) is 4.79 Å². The van der Waals surface area contributed by atoms with E-state index in [9.17, 15) is 18.0 Å². The van der Waals surface area contributed by atoms with Gasteiger partial charge in [-0.15, -0.1) is 0 Å². The van der Waals surface area contributed by atoms with Crippen LogP contribution in [0.5, 0.6) is 0 Å². The normalized spacial score (nSPS) is 10.8. The third kappa shape index (κ3) is 2.68. The number of hydrogen-bond acceptors (Lipinski definition) is 1. The molecule has 1 rings (SSSR count). The van der Waals surface area contributed by atoms with E-state index in [0.717, 1.165) is 12.1 Å². The fraction of sp³-hybridized carbons (Fsp3) is 0.111. The van der Waals surface area contributed by atoms with Gasteiger partial charge >= 0.3 is 12.4 Å². The lowest BCUT2D eigenvalue weighted by molar-refractivity contribution is -0.137. The van der Waals surface area contributed by atoms with Crippen molar-refractivity contribution in [3.63, 3.8) is 0 Å². The van der Waals surface area contributed by atoms with Gasteiger partial charge in [0, 0.05) is 5.56 Å². The summed E-state index contributed by atoms with van der Waals surface area (Å²) in [5.74, 6) is -0.904. The van der Waals surface area contributed by atoms with Crippen molar-refractivity contribution in [3.05, 3.63) is 39.9 Å². The SMILES string of the molecule is [N-]=[N+]=CC(=O)c1cc(C(F)(F)F)ccc1Cl. The molecule has 84 valence electrons. The van der Waals surface area contributed by atoms with Crippen LogP contribution < -0.4 is 0 Å². The molecule has 1 aromatic rings. The predicted octanol–water partition coefficient (Wildman–Crippen LogP) is 2.84. The summed E-state index contributed by atoms with van der Waals surface area (Å²) in [6.07, 6.45) is -4.09. The van der Waals surface area contributed by atoms with Crippen molar-refractivity contribution in [1.29, 1.82) is 0 Å². The summed E-state index contributed by atoms with van der Waals surface area (Å²) in [7, 11) is 0. The Balaban J connectivity index is 3.29. The Bertz CT molecular complexity index is 478. The first-order chi connectivity index (χ1) is 7.36. The van der Waals surface area contributed by atoms with Crippen LogP contribution in [0.4, 0.5) is 13.2 Å². The van der Waals surface area contributed by atoms with E-state index in [-0.39, 0.29) is 10.6 Å². The van der Waals surface area contributed by atoms with E-state index in [1.165, 1.54) is 0 Å². The quantitative estimate of drug-likeness (QED) is 0.344. The second kappa shape index (κ2) is 4.47. The first-order valence-electron chi connectivity index (χ1n) is 3.94. The van der Waals surface area contributed by atoms with E-state index in [1.807, 2.05) is 0 Å². The van der Waals surface area contributed by atoms with Crippen LogP contribution in [0.3, 0.4) is 0 Å². The third-order valence-electron chi connectivity index (χ3n) is 1.73. The maximum atomic E-state index is 12.3. The molecule has 0 saturated heterocycles. The highest BCUT2D eigenvalue weighted by atomic mass is 35.5. The first-order valence-corrected chi connectivity index (χ1v) is 4.32. The fourth-order valence-electron chi connectivity index (χ4n) is 1.01. The minimum Gasteiger partial charge on any atom is -0.361 e. The van der Waals surface area contributed by atoms with E-state index in [1.54, 1.807) is 0 Å². The minimum atomic E-state index is -4.56. The second-order valence-corrected chi connectivity index (χ2v) is 3.21. The standard InChI is InChI=1S/C9H4ClF3N2O/c10-7-2-1-5(9(11,12)13)3-6(7)8(16)4-15-14/h1-4H. The Morgan fingerprint density at radius 2 is 2.06 bits per heavy atom. The Morgan fingerprint density at radius 1 is 1.44 bits per heavy atom. The Kier molecular flexibility index (Phi) is 3.47. The number of hydrogen-bond donors (Lipinski definition) is 0. The summed E-state index contributed by atoms with van der Waals surface area (Å²) in [5.41, 5.74) is 6.74. The zero-order valence-electron chi connectivity index (χ0n) is 7.62. The van der Waals surface area contributed by atoms with Crippen molar-refractivity contribution in [1.82, 2.24) is 0 Å². The maximum Gasteiger partial charge on any atom is 0.416 e. The number of nitrogens with zero attached hydrogens (tertiary/aromatic N) is 2. The summed E-state index contributed by atoms with van der Waals surface area (Å²) in [4.78, 5) is 13.6. The van der Waals surface area contributed by atoms with Gasteiger partial charge in [0.25, 0.3) is 5.78 Å². The molecule has 0 aliphatic heterocycles. The average Bonchev–Trinajstić information content (AvgIpc) is 2.16. The Labute approximate surface area is 93.1 Å². The number of rotatable bonds is 2. The zero-order chi connectivity index (χ0) is 12.3. The van der Waals surface area contributed by atoms with Crippen molar-refractivity contribution in [2.75, 3.05) is 0 Å². The van der Waals surface area contributed by atoms with Gasteiger partial charge in [0.1, 0.15) is 0 Å². The maximum absolute atomic E-state index is 12.3. The molecule has 0 aliphatic carbocycles. The van der Waals surface area contributed by atoms with Gasteiger partial charge in [-0.2, -0.15) is 18.0 Å². The van der Waals surface area contributed by atoms with Crippen LogP contribution in [0.15, 0.2) is 18.2 Å². The molecular formula is C9H4ClF3N2O. The van der Waals surface area contributed by atoms with Gasteiger partial charge in [0.15, 0.2) is 0 Å². The Hall–Kier alpha value is -1.65. The molecule has 3 nitrogen and oxygen atoms in total. The van der Waals surface area contributed by atoms with Gasteiger partial charge in [-0.1, -0.05) is 11.6 Å². The number of carbonyl (C=O) groups is 1. The molecule has 16 heavy (non-hydrogen) atoms. The first kappa shape index (κ1) is 12.4. The van der Waals surface area contributed by atoms with Crippen LogP contribution in [-0.2, 0) is 6.18 Å². The van der Waals surface area contributed by atoms with Crippen molar-refractivity contribution < 1.29 is 22.8 Å². The molecule has 0 spiro atoms. The summed E-state index contributed by atoms with van der Waals surface area (Å²) >= 11 is 5.55. The lowest BCUT2D eigenvalue weighted by Gasteiger charge is -2.07. The molecule has 0 atom stereocenters. The third-order valence-corrected chi connectivity index (χ3v) is 2.06. The number of ketones is 1. The van der Waals surface area contributed by atoms with Crippen molar-refractivity contribution >= 4 is 23.6 Å². The summed E-state index contributed by atoms with van der Waals surface area (Å²) in [6.45, 7) is 0. The van der Waals surface area contributed by atoms with Gasteiger partial charge in [0.05, 0.1) is 10.6 Å². The largest absolute Gasteiger partial charge is 0.416 e. The van der Waals surface area contributed by atoms with Gasteiger partial charge < -0.3 is 5.53 Å². The molecule has 0 amide bonds. The van der Waals surface area contributed by atoms with Gasteiger partial charge in [0.2, 0.25) is 0 Å². The van der Waals surface area contributed by atoms with Gasteiger partial charge in [-0.05, 0) is 18.2 Å². The molecular weight excluding hydrogens is 245 g/mol. The molecule has 7 heteroatoms. The molecule has 0 radical (unpaired) electrons. The highest BCUT2D eigenvalue weighted by Gasteiger charge is 2.31. The molecule has 0 aromatic heterocycles. The summed E-state index contributed by atoms with van der Waals surface area (Å²) < 4.78 is 36.9. The molecule has 0 aliphatic rings. The van der Waals surface area contributed by atoms with Crippen LogP contribution in [-0.4, -0.2) is 16.8 Å². The van der Waals surface area contributed by atoms with Crippen LogP contribution in [0, 0.1) is 0 Å². The van der Waals surface area contributed by atoms with Crippen molar-refractivity contribution in [3.8, 4) is 0 Å². The molecule has 0 saturated carbocycles. The van der Waals surface area contributed by atoms with Crippen LogP contribution in [0.25, 0.3) is 5.53 Å². The van der Waals surface area contributed by atoms with Crippen molar-refractivity contribution in [2.45, 2.75) is 6.18 Å². The molecule has 0 unspecified atom stereocenters. The smallest absolute Gasteiger partial charge is 0.361 e. The minimum absolute atomic E-state index is 0.141. The van der Waals surface area contributed by atoms with E-state index in [2.05, 4.69) is 4.79 Å². The second-order valence-electron chi connectivity index (χ2n) is 2.80. The lowest BCUT2D eigenvalue weighted by Crippen LogP contribution is -2.09. The number of carbonyl (C=O) groups excluding carboxylic acids is 1. The number of benzene rings is 1. The van der Waals surface area contributed by atoms with Crippen molar-refractivity contribution in [2.24, 2.45) is 0 Å². The lowest BCUT2D eigenvalue weighted by atomic mass is 10.1. The summed E-state index contributed by atoms with van der Waals surface area (Å²) in [6, 6.07) is 2.32. The predicted molar refractivity (Wildman–Crippen MR) is 50.5 cm³/mol. The molecule has 0 N–H and O–H groups in total. The highest BCUT2D eigenvalue weighted by molar-refractivity contribution is 6.41. The van der Waals surface area contributed by atoms with E-state index < -0.39 is 17.5 Å². The van der Waals surface area contributed by atoms with E-state index in [0.29, 0.717) is 12.3 Å². The topological polar surface area (TPSA) is 53.5 Å². The van der Waals surface area contributed by atoms with E-state index in [4.69, 9.17) is 17.1 Å². The van der Waals surface area contributed by atoms with Gasteiger partial charge in [-0.25, -0.2) is 0 Å². The van der Waals surface area contributed by atoms with Crippen LogP contribution in [0.1, 0.15) is 15.9 Å². The molecule has 0 bridgehead atoms. The molecule has 0 heterocycles. The number of Topliss-reactive ketones (excluding diaryl/α,β-unsaturated/α-hetero) is 1. The number of alkyl halides is 3. The average molecular weight is 249 g/mol.